The fraction of sp³-hybridized carbons (Fsp3) is 0.364. The Balaban J connectivity index is 1.21. The number of likely N-dealkylation sites (tertiary alicyclic amines) is 1. The second-order valence-corrected chi connectivity index (χ2v) is 9.00. The van der Waals surface area contributed by atoms with E-state index in [-0.39, 0.29) is 12.1 Å². The van der Waals surface area contributed by atoms with E-state index in [4.69, 9.17) is 26.8 Å². The zero-order valence-electron chi connectivity index (χ0n) is 17.2. The molecule has 0 bridgehead atoms. The highest BCUT2D eigenvalue weighted by atomic mass is 35.5. The lowest BCUT2D eigenvalue weighted by Crippen LogP contribution is -2.51. The lowest BCUT2D eigenvalue weighted by Gasteiger charge is -2.37. The molecule has 1 saturated heterocycles. The molecule has 31 heavy (non-hydrogen) atoms. The van der Waals surface area contributed by atoms with Crippen molar-refractivity contribution in [1.82, 2.24) is 15.2 Å². The van der Waals surface area contributed by atoms with Gasteiger partial charge in [-0.05, 0) is 62.2 Å². The van der Waals surface area contributed by atoms with Crippen molar-refractivity contribution in [2.75, 3.05) is 19.7 Å². The van der Waals surface area contributed by atoms with E-state index in [1.54, 1.807) is 4.90 Å². The van der Waals surface area contributed by atoms with Crippen LogP contribution < -0.4 is 20.5 Å². The number of amides is 2. The van der Waals surface area contributed by atoms with Crippen LogP contribution >= 0.6 is 22.9 Å². The van der Waals surface area contributed by atoms with Crippen LogP contribution in [0.3, 0.4) is 0 Å². The van der Waals surface area contributed by atoms with Gasteiger partial charge in [0.15, 0.2) is 0 Å². The summed E-state index contributed by atoms with van der Waals surface area (Å²) in [6.45, 7) is 4.02. The number of carbonyl (C=O) groups is 1. The lowest BCUT2D eigenvalue weighted by molar-refractivity contribution is 0.149. The standard InChI is InChI=1S/C22H25ClN4O3S/c1-14-12-16(8-10-27(14)21(24)28)25-9-11-29-17-3-5-18(6-4-17)30-22-26-19-13-15(23)2-7-20(19)31-22/h2-7,13-14,16,25H,8-12H2,1H3,(H2,24,28)/t14-,16-/m1/s1. The Labute approximate surface area is 190 Å². The Morgan fingerprint density at radius 3 is 2.81 bits per heavy atom. The van der Waals surface area contributed by atoms with Crippen LogP contribution in [0.15, 0.2) is 42.5 Å². The van der Waals surface area contributed by atoms with Gasteiger partial charge in [0.25, 0.3) is 5.19 Å². The summed E-state index contributed by atoms with van der Waals surface area (Å²) in [5.74, 6) is 1.48. The highest BCUT2D eigenvalue weighted by Crippen LogP contribution is 2.33. The first-order valence-electron chi connectivity index (χ1n) is 10.2. The van der Waals surface area contributed by atoms with Crippen molar-refractivity contribution in [1.29, 1.82) is 0 Å². The maximum absolute atomic E-state index is 11.4. The Morgan fingerprint density at radius 1 is 1.29 bits per heavy atom. The Kier molecular flexibility index (Phi) is 6.80. The molecule has 0 spiro atoms. The number of benzene rings is 2. The summed E-state index contributed by atoms with van der Waals surface area (Å²) in [7, 11) is 0. The highest BCUT2D eigenvalue weighted by molar-refractivity contribution is 7.20. The van der Waals surface area contributed by atoms with E-state index in [2.05, 4.69) is 10.3 Å². The average molecular weight is 461 g/mol. The largest absolute Gasteiger partial charge is 0.492 e. The molecule has 1 aliphatic heterocycles. The summed E-state index contributed by atoms with van der Waals surface area (Å²) in [6.07, 6.45) is 1.80. The molecule has 0 radical (unpaired) electrons. The molecule has 7 nitrogen and oxygen atoms in total. The van der Waals surface area contributed by atoms with Gasteiger partial charge in [-0.25, -0.2) is 9.78 Å². The predicted molar refractivity (Wildman–Crippen MR) is 123 cm³/mol. The number of nitrogens with zero attached hydrogens (tertiary/aromatic N) is 2. The van der Waals surface area contributed by atoms with Crippen LogP contribution in [0.2, 0.25) is 5.02 Å². The van der Waals surface area contributed by atoms with Gasteiger partial charge in [-0.15, -0.1) is 0 Å². The normalized spacial score (nSPS) is 18.8. The van der Waals surface area contributed by atoms with E-state index >= 15 is 0 Å². The molecule has 2 atom stereocenters. The molecule has 3 aromatic rings. The molecule has 2 heterocycles. The summed E-state index contributed by atoms with van der Waals surface area (Å²) in [4.78, 5) is 17.5. The first-order chi connectivity index (χ1) is 15.0. The fourth-order valence-electron chi connectivity index (χ4n) is 3.74. The van der Waals surface area contributed by atoms with Gasteiger partial charge in [0.1, 0.15) is 18.1 Å². The molecular weight excluding hydrogens is 436 g/mol. The number of thiazole rings is 1. The molecule has 1 aromatic heterocycles. The molecule has 2 aromatic carbocycles. The van der Waals surface area contributed by atoms with Crippen molar-refractivity contribution in [2.24, 2.45) is 5.73 Å². The van der Waals surface area contributed by atoms with Crippen molar-refractivity contribution >= 4 is 39.2 Å². The van der Waals surface area contributed by atoms with Gasteiger partial charge in [0.05, 0.1) is 10.2 Å². The van der Waals surface area contributed by atoms with Crippen LogP contribution in [-0.4, -0.2) is 47.7 Å². The minimum absolute atomic E-state index is 0.157. The van der Waals surface area contributed by atoms with Gasteiger partial charge in [-0.3, -0.25) is 0 Å². The van der Waals surface area contributed by atoms with E-state index in [1.807, 2.05) is 49.4 Å². The smallest absolute Gasteiger partial charge is 0.315 e. The SMILES string of the molecule is C[C@@H]1C[C@H](NCCOc2ccc(Oc3nc4cc(Cl)ccc4s3)cc2)CCN1C(N)=O. The Bertz CT molecular complexity index is 1040. The minimum Gasteiger partial charge on any atom is -0.492 e. The number of hydrogen-bond donors (Lipinski definition) is 2. The number of ether oxygens (including phenoxy) is 2. The predicted octanol–water partition coefficient (Wildman–Crippen LogP) is 4.64. The molecule has 2 amide bonds. The van der Waals surface area contributed by atoms with Crippen LogP contribution in [0.1, 0.15) is 19.8 Å². The first kappa shape index (κ1) is 21.7. The Hall–Kier alpha value is -2.55. The molecule has 9 heteroatoms. The number of halogens is 1. The van der Waals surface area contributed by atoms with Crippen LogP contribution in [0.4, 0.5) is 4.79 Å². The van der Waals surface area contributed by atoms with Gasteiger partial charge in [0.2, 0.25) is 0 Å². The maximum Gasteiger partial charge on any atom is 0.315 e. The summed E-state index contributed by atoms with van der Waals surface area (Å²) in [6, 6.07) is 13.3. The zero-order chi connectivity index (χ0) is 21.8. The van der Waals surface area contributed by atoms with Crippen molar-refractivity contribution in [3.05, 3.63) is 47.5 Å². The molecule has 0 unspecified atom stereocenters. The molecule has 4 rings (SSSR count). The molecule has 3 N–H and O–H groups in total. The van der Waals surface area contributed by atoms with Crippen molar-refractivity contribution in [2.45, 2.75) is 31.8 Å². The van der Waals surface area contributed by atoms with Gasteiger partial charge in [0, 0.05) is 30.2 Å². The van der Waals surface area contributed by atoms with Gasteiger partial charge < -0.3 is 25.4 Å². The van der Waals surface area contributed by atoms with Crippen molar-refractivity contribution < 1.29 is 14.3 Å². The third-order valence-corrected chi connectivity index (χ3v) is 6.47. The number of nitrogens with two attached hydrogens (primary N) is 1. The minimum atomic E-state index is -0.339. The molecule has 0 aliphatic carbocycles. The number of carbonyl (C=O) groups excluding carboxylic acids is 1. The number of rotatable bonds is 7. The molecule has 1 fully saturated rings. The second kappa shape index (κ2) is 9.72. The number of piperidine rings is 1. The van der Waals surface area contributed by atoms with E-state index in [0.29, 0.717) is 35.2 Å². The van der Waals surface area contributed by atoms with Crippen LogP contribution in [0.5, 0.6) is 16.7 Å². The third-order valence-electron chi connectivity index (χ3n) is 5.32. The lowest BCUT2D eigenvalue weighted by atomic mass is 9.99. The van der Waals surface area contributed by atoms with E-state index in [0.717, 1.165) is 35.4 Å². The number of hydrogen-bond acceptors (Lipinski definition) is 6. The maximum atomic E-state index is 11.4. The van der Waals surface area contributed by atoms with Gasteiger partial charge in [-0.2, -0.15) is 0 Å². The number of fused-ring (bicyclic) bond motifs is 1. The van der Waals surface area contributed by atoms with Gasteiger partial charge >= 0.3 is 6.03 Å². The average Bonchev–Trinajstić information content (AvgIpc) is 3.13. The van der Waals surface area contributed by atoms with E-state index < -0.39 is 0 Å². The van der Waals surface area contributed by atoms with Gasteiger partial charge in [-0.1, -0.05) is 22.9 Å². The van der Waals surface area contributed by atoms with Crippen LogP contribution in [0, 0.1) is 0 Å². The number of urea groups is 1. The Morgan fingerprint density at radius 2 is 2.06 bits per heavy atom. The number of nitrogens with one attached hydrogen (secondary N) is 1. The molecule has 1 aliphatic rings. The number of primary amides is 1. The first-order valence-corrected chi connectivity index (χ1v) is 11.4. The van der Waals surface area contributed by atoms with Crippen LogP contribution in [0.25, 0.3) is 10.2 Å². The summed E-state index contributed by atoms with van der Waals surface area (Å²) in [5.41, 5.74) is 6.22. The van der Waals surface area contributed by atoms with E-state index in [1.165, 1.54) is 11.3 Å². The topological polar surface area (TPSA) is 89.7 Å². The van der Waals surface area contributed by atoms with E-state index in [9.17, 15) is 4.79 Å². The zero-order valence-corrected chi connectivity index (χ0v) is 18.8. The number of aromatic nitrogens is 1. The fourth-order valence-corrected chi connectivity index (χ4v) is 4.73. The molecular formula is C22H25ClN4O3S. The van der Waals surface area contributed by atoms with Crippen molar-refractivity contribution in [3.63, 3.8) is 0 Å². The summed E-state index contributed by atoms with van der Waals surface area (Å²) in [5, 5.41) is 4.73. The highest BCUT2D eigenvalue weighted by Gasteiger charge is 2.26. The summed E-state index contributed by atoms with van der Waals surface area (Å²) < 4.78 is 12.7. The molecule has 0 saturated carbocycles. The van der Waals surface area contributed by atoms with Crippen LogP contribution in [-0.2, 0) is 0 Å². The molecule has 164 valence electrons. The van der Waals surface area contributed by atoms with Crippen molar-refractivity contribution in [3.8, 4) is 16.7 Å². The monoisotopic (exact) mass is 460 g/mol. The third kappa shape index (κ3) is 5.58. The second-order valence-electron chi connectivity index (χ2n) is 7.57. The summed E-state index contributed by atoms with van der Waals surface area (Å²) >= 11 is 7.49. The quantitative estimate of drug-likeness (QED) is 0.501.